The van der Waals surface area contributed by atoms with Gasteiger partial charge in [-0.25, -0.2) is 0 Å². The van der Waals surface area contributed by atoms with Crippen molar-refractivity contribution in [3.8, 4) is 5.75 Å². The molecule has 0 aliphatic rings. The highest BCUT2D eigenvalue weighted by atomic mass is 16.5. The van der Waals surface area contributed by atoms with E-state index in [0.717, 1.165) is 37.4 Å². The van der Waals surface area contributed by atoms with Gasteiger partial charge in [-0.1, -0.05) is 25.1 Å². The van der Waals surface area contributed by atoms with E-state index in [9.17, 15) is 0 Å². The van der Waals surface area contributed by atoms with Crippen LogP contribution in [-0.4, -0.2) is 40.1 Å². The van der Waals surface area contributed by atoms with Crippen molar-refractivity contribution in [2.45, 2.75) is 26.8 Å². The normalized spacial score (nSPS) is 10.8. The minimum absolute atomic E-state index is 0.593. The monoisotopic (exact) mass is 281 g/mol. The second-order valence-corrected chi connectivity index (χ2v) is 4.69. The van der Waals surface area contributed by atoms with Gasteiger partial charge in [0.15, 0.2) is 0 Å². The highest BCUT2D eigenvalue weighted by molar-refractivity contribution is 5.40. The van der Waals surface area contributed by atoms with E-state index in [0.29, 0.717) is 19.8 Å². The summed E-state index contributed by atoms with van der Waals surface area (Å²) < 4.78 is 16.3. The summed E-state index contributed by atoms with van der Waals surface area (Å²) >= 11 is 0. The van der Waals surface area contributed by atoms with E-state index in [1.165, 1.54) is 5.56 Å². The van der Waals surface area contributed by atoms with Gasteiger partial charge >= 0.3 is 0 Å². The summed E-state index contributed by atoms with van der Waals surface area (Å²) in [4.78, 5) is 0. The fraction of sp³-hybridized carbons (Fsp3) is 0.625. The number of ether oxygens (including phenoxy) is 3. The summed E-state index contributed by atoms with van der Waals surface area (Å²) in [6, 6.07) is 6.22. The lowest BCUT2D eigenvalue weighted by atomic mass is 10.1. The Bertz CT molecular complexity index is 369. The molecule has 0 aliphatic carbocycles. The first-order valence-electron chi connectivity index (χ1n) is 7.28. The van der Waals surface area contributed by atoms with Crippen LogP contribution >= 0.6 is 0 Å². The van der Waals surface area contributed by atoms with Crippen LogP contribution in [0.5, 0.6) is 5.75 Å². The number of nitrogens with one attached hydrogen (secondary N) is 1. The van der Waals surface area contributed by atoms with Crippen LogP contribution in [-0.2, 0) is 16.0 Å². The molecule has 1 aromatic rings. The molecular weight excluding hydrogens is 254 g/mol. The number of benzene rings is 1. The molecule has 0 spiro atoms. The molecule has 0 heterocycles. The largest absolute Gasteiger partial charge is 0.491 e. The number of methoxy groups -OCH3 is 1. The fourth-order valence-electron chi connectivity index (χ4n) is 1.91. The molecule has 0 aromatic heterocycles. The fourth-order valence-corrected chi connectivity index (χ4v) is 1.91. The molecule has 1 N–H and O–H groups in total. The zero-order valence-corrected chi connectivity index (χ0v) is 12.9. The van der Waals surface area contributed by atoms with Gasteiger partial charge in [-0.15, -0.1) is 0 Å². The summed E-state index contributed by atoms with van der Waals surface area (Å²) in [5.74, 6) is 0.970. The van der Waals surface area contributed by atoms with Gasteiger partial charge in [-0.2, -0.15) is 0 Å². The third kappa shape index (κ3) is 6.37. The molecule has 0 saturated heterocycles. The van der Waals surface area contributed by atoms with Crippen molar-refractivity contribution < 1.29 is 14.2 Å². The first-order valence-corrected chi connectivity index (χ1v) is 7.28. The Balaban J connectivity index is 2.45. The molecule has 1 aromatic carbocycles. The number of hydrogen-bond donors (Lipinski definition) is 1. The first-order chi connectivity index (χ1) is 9.79. The van der Waals surface area contributed by atoms with Gasteiger partial charge in [0, 0.05) is 32.4 Å². The molecule has 114 valence electrons. The third-order valence-corrected chi connectivity index (χ3v) is 2.91. The van der Waals surface area contributed by atoms with Gasteiger partial charge in [0.25, 0.3) is 0 Å². The van der Waals surface area contributed by atoms with E-state index in [2.05, 4.69) is 37.4 Å². The number of para-hydroxylation sites is 1. The van der Waals surface area contributed by atoms with Gasteiger partial charge in [-0.3, -0.25) is 0 Å². The smallest absolute Gasteiger partial charge is 0.126 e. The SMILES string of the molecule is CCCOCCOc1c(C)cccc1CNCCOC. The van der Waals surface area contributed by atoms with Crippen molar-refractivity contribution in [3.05, 3.63) is 29.3 Å². The maximum absolute atomic E-state index is 5.88. The average molecular weight is 281 g/mol. The van der Waals surface area contributed by atoms with Crippen molar-refractivity contribution in [2.24, 2.45) is 0 Å². The summed E-state index contributed by atoms with van der Waals surface area (Å²) in [6.07, 6.45) is 1.04. The van der Waals surface area contributed by atoms with Crippen molar-refractivity contribution in [1.82, 2.24) is 5.32 Å². The second-order valence-electron chi connectivity index (χ2n) is 4.69. The summed E-state index contributed by atoms with van der Waals surface area (Å²) in [5, 5.41) is 3.34. The number of hydrogen-bond acceptors (Lipinski definition) is 4. The van der Waals surface area contributed by atoms with Crippen molar-refractivity contribution in [1.29, 1.82) is 0 Å². The molecular formula is C16H27NO3. The molecule has 0 fully saturated rings. The molecule has 20 heavy (non-hydrogen) atoms. The zero-order valence-electron chi connectivity index (χ0n) is 12.9. The first kappa shape index (κ1) is 17.0. The van der Waals surface area contributed by atoms with Crippen LogP contribution in [0, 0.1) is 6.92 Å². The molecule has 0 aliphatic heterocycles. The Morgan fingerprint density at radius 1 is 1.10 bits per heavy atom. The Hall–Kier alpha value is -1.10. The minimum atomic E-state index is 0.593. The van der Waals surface area contributed by atoms with E-state index in [4.69, 9.17) is 14.2 Å². The average Bonchev–Trinajstić information content (AvgIpc) is 2.45. The standard InChI is InChI=1S/C16H27NO3/c1-4-9-19-11-12-20-16-14(2)6-5-7-15(16)13-17-8-10-18-3/h5-7,17H,4,8-13H2,1-3H3. The molecule has 0 saturated carbocycles. The van der Waals surface area contributed by atoms with E-state index in [1.807, 2.05) is 0 Å². The predicted molar refractivity (Wildman–Crippen MR) is 81.4 cm³/mol. The van der Waals surface area contributed by atoms with Gasteiger partial charge in [0.2, 0.25) is 0 Å². The van der Waals surface area contributed by atoms with Crippen LogP contribution < -0.4 is 10.1 Å². The molecule has 4 nitrogen and oxygen atoms in total. The van der Waals surface area contributed by atoms with Crippen LogP contribution in [0.1, 0.15) is 24.5 Å². The number of rotatable bonds is 11. The maximum atomic E-state index is 5.88. The molecule has 4 heteroatoms. The van der Waals surface area contributed by atoms with Crippen molar-refractivity contribution >= 4 is 0 Å². The molecule has 0 atom stereocenters. The van der Waals surface area contributed by atoms with E-state index >= 15 is 0 Å². The summed E-state index contributed by atoms with van der Waals surface area (Å²) in [6.45, 7) is 8.54. The van der Waals surface area contributed by atoms with E-state index in [1.54, 1.807) is 7.11 Å². The van der Waals surface area contributed by atoms with E-state index < -0.39 is 0 Å². The third-order valence-electron chi connectivity index (χ3n) is 2.91. The molecule has 0 bridgehead atoms. The van der Waals surface area contributed by atoms with E-state index in [-0.39, 0.29) is 0 Å². The highest BCUT2D eigenvalue weighted by Gasteiger charge is 2.06. The molecule has 0 unspecified atom stereocenters. The predicted octanol–water partition coefficient (Wildman–Crippen LogP) is 2.54. The lowest BCUT2D eigenvalue weighted by Gasteiger charge is -2.15. The Morgan fingerprint density at radius 3 is 2.70 bits per heavy atom. The van der Waals surface area contributed by atoms with Gasteiger partial charge in [0.1, 0.15) is 12.4 Å². The lowest BCUT2D eigenvalue weighted by molar-refractivity contribution is 0.1000. The number of aryl methyl sites for hydroxylation is 1. The quantitative estimate of drug-likeness (QED) is 0.633. The molecule has 0 amide bonds. The van der Waals surface area contributed by atoms with Gasteiger partial charge in [0.05, 0.1) is 13.2 Å². The van der Waals surface area contributed by atoms with Crippen LogP contribution in [0.25, 0.3) is 0 Å². The Labute approximate surface area is 122 Å². The Kier molecular flexibility index (Phi) is 9.04. The van der Waals surface area contributed by atoms with Crippen molar-refractivity contribution in [3.63, 3.8) is 0 Å². The van der Waals surface area contributed by atoms with Crippen LogP contribution in [0.4, 0.5) is 0 Å². The van der Waals surface area contributed by atoms with Gasteiger partial charge in [-0.05, 0) is 18.9 Å². The Morgan fingerprint density at radius 2 is 1.95 bits per heavy atom. The lowest BCUT2D eigenvalue weighted by Crippen LogP contribution is -2.19. The highest BCUT2D eigenvalue weighted by Crippen LogP contribution is 2.23. The zero-order chi connectivity index (χ0) is 14.6. The minimum Gasteiger partial charge on any atom is -0.491 e. The van der Waals surface area contributed by atoms with Crippen LogP contribution in [0.3, 0.4) is 0 Å². The summed E-state index contributed by atoms with van der Waals surface area (Å²) in [7, 11) is 1.71. The van der Waals surface area contributed by atoms with Crippen LogP contribution in [0.15, 0.2) is 18.2 Å². The molecule has 0 radical (unpaired) electrons. The maximum Gasteiger partial charge on any atom is 0.126 e. The topological polar surface area (TPSA) is 39.7 Å². The molecule has 1 rings (SSSR count). The van der Waals surface area contributed by atoms with Gasteiger partial charge < -0.3 is 19.5 Å². The second kappa shape index (κ2) is 10.7. The van der Waals surface area contributed by atoms with Crippen molar-refractivity contribution in [2.75, 3.05) is 40.1 Å². The summed E-state index contributed by atoms with van der Waals surface area (Å²) in [5.41, 5.74) is 2.34. The van der Waals surface area contributed by atoms with Crippen LogP contribution in [0.2, 0.25) is 0 Å².